The third-order valence-electron chi connectivity index (χ3n) is 6.68. The average Bonchev–Trinajstić information content (AvgIpc) is 3.07. The molecule has 2 amide bonds. The minimum absolute atomic E-state index is 0.113. The summed E-state index contributed by atoms with van der Waals surface area (Å²) in [4.78, 5) is 29.2. The van der Waals surface area contributed by atoms with Crippen molar-refractivity contribution >= 4 is 28.3 Å². The highest BCUT2D eigenvalue weighted by Crippen LogP contribution is 2.36. The van der Waals surface area contributed by atoms with Crippen molar-refractivity contribution in [3.63, 3.8) is 0 Å². The number of hydrogen-bond donors (Lipinski definition) is 1. The molecule has 0 bridgehead atoms. The van der Waals surface area contributed by atoms with Gasteiger partial charge < -0.3 is 19.7 Å². The Hall–Kier alpha value is -4.50. The van der Waals surface area contributed by atoms with Gasteiger partial charge in [0.05, 0.1) is 52.6 Å². The molecule has 4 aromatic carbocycles. The second kappa shape index (κ2) is 11.7. The molecule has 40 heavy (non-hydrogen) atoms. The Labute approximate surface area is 234 Å². The molecule has 0 saturated carbocycles. The van der Waals surface area contributed by atoms with Crippen LogP contribution >= 0.6 is 0 Å². The number of halogens is 1. The van der Waals surface area contributed by atoms with E-state index in [2.05, 4.69) is 5.32 Å². The monoisotopic (exact) mass is 558 g/mol. The summed E-state index contributed by atoms with van der Waals surface area (Å²) in [7, 11) is 1.49. The lowest BCUT2D eigenvalue weighted by molar-refractivity contribution is 0.0950. The van der Waals surface area contributed by atoms with Gasteiger partial charge in [-0.1, -0.05) is 30.3 Å². The number of nitrogens with one attached hydrogen (secondary N) is 1. The fourth-order valence-electron chi connectivity index (χ4n) is 4.59. The molecule has 1 heterocycles. The number of methoxy groups -OCH3 is 2. The molecular weight excluding hydrogens is 531 g/mol. The summed E-state index contributed by atoms with van der Waals surface area (Å²) in [5.74, 6) is 0.171. The fraction of sp³-hybridized carbons (Fsp3) is 0.161. The zero-order chi connectivity index (χ0) is 28.2. The van der Waals surface area contributed by atoms with E-state index < -0.39 is 10.8 Å². The molecule has 1 N–H and O–H groups in total. The van der Waals surface area contributed by atoms with Crippen LogP contribution in [0.5, 0.6) is 11.5 Å². The predicted molar refractivity (Wildman–Crippen MR) is 150 cm³/mol. The topological polar surface area (TPSA) is 84.9 Å². The standard InChI is InChI=1S/C31H27FN2O5S/c1-38-26-13-9-20(17-27(26)39-2)15-16-33-30(35)22-10-14-29-25(18-22)34(19-21-7-11-23(32)12-8-21)31(36)24-5-3-4-6-28(24)40(29)37/h3-14,17-18H,15-16,19H2,1-2H3,(H,33,35)/t40-/m0/s1. The summed E-state index contributed by atoms with van der Waals surface area (Å²) in [6.07, 6.45) is 0.561. The first kappa shape index (κ1) is 27.1. The Morgan fingerprint density at radius 1 is 0.875 bits per heavy atom. The zero-order valence-corrected chi connectivity index (χ0v) is 22.8. The molecule has 1 atom stereocenters. The van der Waals surface area contributed by atoms with Crippen molar-refractivity contribution in [2.45, 2.75) is 22.8 Å². The van der Waals surface area contributed by atoms with Gasteiger partial charge in [0, 0.05) is 12.1 Å². The highest BCUT2D eigenvalue weighted by Gasteiger charge is 2.31. The van der Waals surface area contributed by atoms with Crippen LogP contribution in [0.3, 0.4) is 0 Å². The Morgan fingerprint density at radius 2 is 1.60 bits per heavy atom. The second-order valence-electron chi connectivity index (χ2n) is 9.16. The lowest BCUT2D eigenvalue weighted by atomic mass is 10.1. The van der Waals surface area contributed by atoms with Gasteiger partial charge in [-0.05, 0) is 72.1 Å². The van der Waals surface area contributed by atoms with Gasteiger partial charge in [-0.15, -0.1) is 0 Å². The van der Waals surface area contributed by atoms with Crippen molar-refractivity contribution in [1.82, 2.24) is 5.32 Å². The third-order valence-corrected chi connectivity index (χ3v) is 8.18. The fourth-order valence-corrected chi connectivity index (χ4v) is 5.94. The van der Waals surface area contributed by atoms with E-state index in [0.29, 0.717) is 56.6 Å². The van der Waals surface area contributed by atoms with Crippen LogP contribution in [0.2, 0.25) is 0 Å². The van der Waals surface area contributed by atoms with Gasteiger partial charge in [-0.3, -0.25) is 9.59 Å². The van der Waals surface area contributed by atoms with Gasteiger partial charge in [0.25, 0.3) is 11.8 Å². The smallest absolute Gasteiger partial charge is 0.259 e. The van der Waals surface area contributed by atoms with Gasteiger partial charge >= 0.3 is 0 Å². The van der Waals surface area contributed by atoms with E-state index in [0.717, 1.165) is 5.56 Å². The molecule has 4 aromatic rings. The maximum absolute atomic E-state index is 13.7. The minimum Gasteiger partial charge on any atom is -0.493 e. The SMILES string of the molecule is COc1ccc(CCNC(=O)c2ccc3c(c2)N(Cc2ccc(F)cc2)C(=O)c2ccccc2[S@@]3=O)cc1OC. The molecule has 0 aromatic heterocycles. The van der Waals surface area contributed by atoms with Crippen LogP contribution in [-0.2, 0) is 23.8 Å². The number of benzene rings is 4. The summed E-state index contributed by atoms with van der Waals surface area (Å²) in [5.41, 5.74) is 2.67. The normalized spacial score (nSPS) is 14.1. The largest absolute Gasteiger partial charge is 0.493 e. The molecule has 0 radical (unpaired) electrons. The van der Waals surface area contributed by atoms with E-state index in [-0.39, 0.29) is 24.2 Å². The van der Waals surface area contributed by atoms with E-state index in [1.54, 1.807) is 68.8 Å². The van der Waals surface area contributed by atoms with Gasteiger partial charge in [0.1, 0.15) is 5.82 Å². The molecule has 5 rings (SSSR count). The van der Waals surface area contributed by atoms with Crippen LogP contribution in [0.25, 0.3) is 0 Å². The van der Waals surface area contributed by atoms with Crippen LogP contribution in [0.1, 0.15) is 31.8 Å². The first-order valence-electron chi connectivity index (χ1n) is 12.6. The number of fused-ring (bicyclic) bond motifs is 2. The van der Waals surface area contributed by atoms with Crippen molar-refractivity contribution in [2.75, 3.05) is 25.7 Å². The Bertz CT molecular complexity index is 1610. The van der Waals surface area contributed by atoms with E-state index in [1.807, 2.05) is 18.2 Å². The maximum atomic E-state index is 13.7. The number of nitrogens with zero attached hydrogens (tertiary/aromatic N) is 1. The number of hydrogen-bond acceptors (Lipinski definition) is 5. The summed E-state index contributed by atoms with van der Waals surface area (Å²) in [6, 6.07) is 23.0. The van der Waals surface area contributed by atoms with E-state index >= 15 is 0 Å². The van der Waals surface area contributed by atoms with Crippen LogP contribution in [0.15, 0.2) is 94.7 Å². The molecule has 9 heteroatoms. The maximum Gasteiger partial charge on any atom is 0.259 e. The lowest BCUT2D eigenvalue weighted by Gasteiger charge is -2.23. The summed E-state index contributed by atoms with van der Waals surface area (Å²) in [5, 5.41) is 2.91. The van der Waals surface area contributed by atoms with Crippen LogP contribution < -0.4 is 19.7 Å². The summed E-state index contributed by atoms with van der Waals surface area (Å²) < 4.78 is 37.7. The first-order chi connectivity index (χ1) is 19.4. The summed E-state index contributed by atoms with van der Waals surface area (Å²) in [6.45, 7) is 0.475. The Balaban J connectivity index is 1.42. The molecule has 1 aliphatic rings. The van der Waals surface area contributed by atoms with Gasteiger partial charge in [-0.25, -0.2) is 8.60 Å². The van der Waals surface area contributed by atoms with E-state index in [9.17, 15) is 18.2 Å². The number of anilines is 1. The molecule has 1 aliphatic heterocycles. The van der Waals surface area contributed by atoms with Gasteiger partial charge in [0.15, 0.2) is 11.5 Å². The number of rotatable bonds is 8. The number of amides is 2. The molecule has 0 saturated heterocycles. The van der Waals surface area contributed by atoms with Gasteiger partial charge in [0.2, 0.25) is 0 Å². The van der Waals surface area contributed by atoms with Crippen molar-refractivity contribution in [2.24, 2.45) is 0 Å². The van der Waals surface area contributed by atoms with Crippen molar-refractivity contribution in [1.29, 1.82) is 0 Å². The molecule has 0 fully saturated rings. The van der Waals surface area contributed by atoms with E-state index in [4.69, 9.17) is 9.47 Å². The Kier molecular flexibility index (Phi) is 7.93. The quantitative estimate of drug-likeness (QED) is 0.324. The highest BCUT2D eigenvalue weighted by molar-refractivity contribution is 7.85. The zero-order valence-electron chi connectivity index (χ0n) is 22.0. The van der Waals surface area contributed by atoms with Crippen LogP contribution in [0, 0.1) is 5.82 Å². The summed E-state index contributed by atoms with van der Waals surface area (Å²) >= 11 is 0. The average molecular weight is 559 g/mol. The minimum atomic E-state index is -1.64. The third kappa shape index (κ3) is 5.46. The molecular formula is C31H27FN2O5S. The number of carbonyl (C=O) groups excluding carboxylic acids is 2. The second-order valence-corrected chi connectivity index (χ2v) is 10.6. The molecule has 0 spiro atoms. The molecule has 0 aliphatic carbocycles. The van der Waals surface area contributed by atoms with Crippen molar-refractivity contribution in [3.8, 4) is 11.5 Å². The van der Waals surface area contributed by atoms with Crippen molar-refractivity contribution < 1.29 is 27.7 Å². The van der Waals surface area contributed by atoms with E-state index in [1.165, 1.54) is 17.0 Å². The van der Waals surface area contributed by atoms with Crippen LogP contribution in [0.4, 0.5) is 10.1 Å². The number of carbonyl (C=O) groups is 2. The van der Waals surface area contributed by atoms with Crippen LogP contribution in [-0.4, -0.2) is 36.8 Å². The van der Waals surface area contributed by atoms with Gasteiger partial charge in [-0.2, -0.15) is 0 Å². The predicted octanol–water partition coefficient (Wildman–Crippen LogP) is 5.14. The Morgan fingerprint density at radius 3 is 2.35 bits per heavy atom. The number of ether oxygens (including phenoxy) is 2. The molecule has 7 nitrogen and oxygen atoms in total. The molecule has 204 valence electrons. The van der Waals surface area contributed by atoms with Crippen molar-refractivity contribution in [3.05, 3.63) is 113 Å². The highest BCUT2D eigenvalue weighted by atomic mass is 32.2. The molecule has 0 unspecified atom stereocenters. The first-order valence-corrected chi connectivity index (χ1v) is 13.7. The lowest BCUT2D eigenvalue weighted by Crippen LogP contribution is -2.31.